The second-order valence-corrected chi connectivity index (χ2v) is 7.99. The number of hydrogen-bond donors (Lipinski definition) is 1. The van der Waals surface area contributed by atoms with Crippen LogP contribution in [0.15, 0.2) is 72.9 Å². The van der Waals surface area contributed by atoms with Gasteiger partial charge in [0.1, 0.15) is 17.5 Å². The molecule has 1 unspecified atom stereocenters. The Morgan fingerprint density at radius 1 is 1.00 bits per heavy atom. The highest BCUT2D eigenvalue weighted by Gasteiger charge is 2.19. The van der Waals surface area contributed by atoms with Gasteiger partial charge in [0, 0.05) is 55.8 Å². The predicted octanol–water partition coefficient (Wildman–Crippen LogP) is 4.58. The Labute approximate surface area is 192 Å². The van der Waals surface area contributed by atoms with Gasteiger partial charge in [-0.25, -0.2) is 13.8 Å². The van der Waals surface area contributed by atoms with Crippen molar-refractivity contribution < 1.29 is 13.6 Å². The first kappa shape index (κ1) is 22.5. The van der Waals surface area contributed by atoms with Crippen LogP contribution in [0.4, 0.5) is 20.3 Å². The van der Waals surface area contributed by atoms with Crippen molar-refractivity contribution in [2.75, 3.05) is 36.0 Å². The molecule has 1 atom stereocenters. The lowest BCUT2D eigenvalue weighted by molar-refractivity contribution is -0.117. The Hall–Kier alpha value is -3.74. The molecule has 0 spiro atoms. The van der Waals surface area contributed by atoms with E-state index in [-0.39, 0.29) is 17.5 Å². The van der Waals surface area contributed by atoms with Gasteiger partial charge in [0.05, 0.1) is 6.04 Å². The molecule has 2 heterocycles. The van der Waals surface area contributed by atoms with Crippen molar-refractivity contribution in [2.45, 2.75) is 13.0 Å². The topological polar surface area (TPSA) is 48.5 Å². The molecule has 2 aromatic carbocycles. The number of carbonyl (C=O) groups excluding carboxylic acids is 1. The molecule has 5 nitrogen and oxygen atoms in total. The molecule has 1 N–H and O–H groups in total. The molecular formula is C26H26F2N4O. The van der Waals surface area contributed by atoms with Gasteiger partial charge in [-0.15, -0.1) is 0 Å². The van der Waals surface area contributed by atoms with Crippen molar-refractivity contribution in [2.24, 2.45) is 0 Å². The number of rotatable bonds is 6. The monoisotopic (exact) mass is 448 g/mol. The number of carbonyl (C=O) groups is 1. The highest BCUT2D eigenvalue weighted by molar-refractivity contribution is 5.92. The van der Waals surface area contributed by atoms with Gasteiger partial charge < -0.3 is 15.1 Å². The Kier molecular flexibility index (Phi) is 6.98. The second kappa shape index (κ2) is 10.3. The van der Waals surface area contributed by atoms with Crippen LogP contribution in [0.3, 0.4) is 0 Å². The average Bonchev–Trinajstić information content (AvgIpc) is 2.84. The number of amides is 1. The summed E-state index contributed by atoms with van der Waals surface area (Å²) in [6.45, 7) is 5.44. The van der Waals surface area contributed by atoms with Crippen molar-refractivity contribution in [3.8, 4) is 0 Å². The molecule has 170 valence electrons. The molecule has 1 aliphatic rings. The first-order valence-corrected chi connectivity index (χ1v) is 10.9. The highest BCUT2D eigenvalue weighted by Crippen LogP contribution is 2.23. The van der Waals surface area contributed by atoms with Gasteiger partial charge in [0.25, 0.3) is 0 Å². The van der Waals surface area contributed by atoms with Gasteiger partial charge in [0.2, 0.25) is 5.91 Å². The summed E-state index contributed by atoms with van der Waals surface area (Å²) in [5.74, 6) is -0.708. The van der Waals surface area contributed by atoms with E-state index in [0.717, 1.165) is 55.4 Å². The molecule has 1 saturated heterocycles. The molecule has 0 saturated carbocycles. The Morgan fingerprint density at radius 3 is 2.52 bits per heavy atom. The highest BCUT2D eigenvalue weighted by atomic mass is 19.1. The van der Waals surface area contributed by atoms with Crippen LogP contribution in [-0.4, -0.2) is 37.1 Å². The quantitative estimate of drug-likeness (QED) is 0.561. The van der Waals surface area contributed by atoms with Gasteiger partial charge in [0.15, 0.2) is 0 Å². The lowest BCUT2D eigenvalue weighted by atomic mass is 10.1. The number of anilines is 2. The fourth-order valence-corrected chi connectivity index (χ4v) is 3.87. The third-order valence-electron chi connectivity index (χ3n) is 5.72. The molecular weight excluding hydrogens is 422 g/mol. The zero-order valence-corrected chi connectivity index (χ0v) is 18.4. The Morgan fingerprint density at radius 2 is 1.79 bits per heavy atom. The van der Waals surface area contributed by atoms with Crippen molar-refractivity contribution in [3.05, 3.63) is 95.7 Å². The van der Waals surface area contributed by atoms with Crippen LogP contribution >= 0.6 is 0 Å². The van der Waals surface area contributed by atoms with Gasteiger partial charge in [-0.05, 0) is 55.0 Å². The van der Waals surface area contributed by atoms with Crippen molar-refractivity contribution >= 4 is 23.5 Å². The average molecular weight is 449 g/mol. The van der Waals surface area contributed by atoms with E-state index in [1.165, 1.54) is 18.2 Å². The van der Waals surface area contributed by atoms with E-state index in [1.807, 2.05) is 43.5 Å². The molecule has 3 aromatic rings. The molecule has 1 aromatic heterocycles. The number of pyridine rings is 1. The standard InChI is InChI=1S/C26H26F2N4O/c1-19(30-26(33)11-9-20-8-10-22(27)18-24(20)28)21-5-4-6-23(17-21)31-13-15-32(16-14-31)25-7-2-3-12-29-25/h2-12,17-19H,13-16H2,1H3,(H,30,33). The van der Waals surface area contributed by atoms with Crippen LogP contribution in [0.1, 0.15) is 24.1 Å². The summed E-state index contributed by atoms with van der Waals surface area (Å²) in [6.07, 6.45) is 4.41. The summed E-state index contributed by atoms with van der Waals surface area (Å²) >= 11 is 0. The summed E-state index contributed by atoms with van der Waals surface area (Å²) in [4.78, 5) is 21.4. The summed E-state index contributed by atoms with van der Waals surface area (Å²) in [5, 5.41) is 2.90. The fraction of sp³-hybridized carbons (Fsp3) is 0.231. The third kappa shape index (κ3) is 5.74. The molecule has 7 heteroatoms. The maximum Gasteiger partial charge on any atom is 0.244 e. The van der Waals surface area contributed by atoms with E-state index >= 15 is 0 Å². The van der Waals surface area contributed by atoms with E-state index in [9.17, 15) is 13.6 Å². The lowest BCUT2D eigenvalue weighted by Crippen LogP contribution is -2.46. The second-order valence-electron chi connectivity index (χ2n) is 7.99. The molecule has 1 aliphatic heterocycles. The zero-order chi connectivity index (χ0) is 23.2. The summed E-state index contributed by atoms with van der Waals surface area (Å²) < 4.78 is 26.8. The largest absolute Gasteiger partial charge is 0.368 e. The number of aromatic nitrogens is 1. The Balaban J connectivity index is 1.35. The Bertz CT molecular complexity index is 1130. The van der Waals surface area contributed by atoms with Crippen LogP contribution in [-0.2, 0) is 4.79 Å². The van der Waals surface area contributed by atoms with Crippen LogP contribution in [0.25, 0.3) is 6.08 Å². The van der Waals surface area contributed by atoms with Crippen molar-refractivity contribution in [1.82, 2.24) is 10.3 Å². The maximum atomic E-state index is 13.7. The van der Waals surface area contributed by atoms with E-state index in [0.29, 0.717) is 0 Å². The molecule has 0 aliphatic carbocycles. The number of hydrogen-bond acceptors (Lipinski definition) is 4. The number of piperazine rings is 1. The number of halogens is 2. The van der Waals surface area contributed by atoms with Crippen LogP contribution < -0.4 is 15.1 Å². The summed E-state index contributed by atoms with van der Waals surface area (Å²) in [5.41, 5.74) is 2.25. The van der Waals surface area contributed by atoms with E-state index in [4.69, 9.17) is 0 Å². The van der Waals surface area contributed by atoms with Gasteiger partial charge in [-0.2, -0.15) is 0 Å². The maximum absolute atomic E-state index is 13.7. The van der Waals surface area contributed by atoms with Crippen molar-refractivity contribution in [3.63, 3.8) is 0 Å². The first-order valence-electron chi connectivity index (χ1n) is 10.9. The van der Waals surface area contributed by atoms with Crippen LogP contribution in [0, 0.1) is 11.6 Å². The van der Waals surface area contributed by atoms with Crippen LogP contribution in [0.2, 0.25) is 0 Å². The van der Waals surface area contributed by atoms with Gasteiger partial charge in [-0.3, -0.25) is 4.79 Å². The van der Waals surface area contributed by atoms with E-state index < -0.39 is 11.6 Å². The minimum atomic E-state index is -0.706. The molecule has 0 bridgehead atoms. The van der Waals surface area contributed by atoms with E-state index in [2.05, 4.69) is 32.2 Å². The van der Waals surface area contributed by atoms with E-state index in [1.54, 1.807) is 0 Å². The molecule has 33 heavy (non-hydrogen) atoms. The minimum absolute atomic E-state index is 0.158. The lowest BCUT2D eigenvalue weighted by Gasteiger charge is -2.37. The number of nitrogens with zero attached hydrogens (tertiary/aromatic N) is 3. The smallest absolute Gasteiger partial charge is 0.244 e. The number of nitrogens with one attached hydrogen (secondary N) is 1. The molecule has 0 radical (unpaired) electrons. The van der Waals surface area contributed by atoms with Crippen molar-refractivity contribution in [1.29, 1.82) is 0 Å². The van der Waals surface area contributed by atoms with Gasteiger partial charge >= 0.3 is 0 Å². The van der Waals surface area contributed by atoms with Gasteiger partial charge in [-0.1, -0.05) is 18.2 Å². The SMILES string of the molecule is CC(NC(=O)C=Cc1ccc(F)cc1F)c1cccc(N2CCN(c3ccccn3)CC2)c1. The molecule has 1 amide bonds. The zero-order valence-electron chi connectivity index (χ0n) is 18.4. The normalized spacial score (nSPS) is 15.0. The summed E-state index contributed by atoms with van der Waals surface area (Å²) in [6, 6.07) is 17.1. The molecule has 4 rings (SSSR count). The number of benzene rings is 2. The third-order valence-corrected chi connectivity index (χ3v) is 5.72. The minimum Gasteiger partial charge on any atom is -0.368 e. The summed E-state index contributed by atoms with van der Waals surface area (Å²) in [7, 11) is 0. The van der Waals surface area contributed by atoms with Crippen LogP contribution in [0.5, 0.6) is 0 Å². The first-order chi connectivity index (χ1) is 16.0. The predicted molar refractivity (Wildman–Crippen MR) is 127 cm³/mol. The fourth-order valence-electron chi connectivity index (χ4n) is 3.87. The molecule has 1 fully saturated rings.